The van der Waals surface area contributed by atoms with Gasteiger partial charge in [0.15, 0.2) is 23.1 Å². The largest absolute Gasteiger partial charge is 0.298 e. The number of aromatic nitrogens is 13. The van der Waals surface area contributed by atoms with E-state index in [1.807, 2.05) is 44.2 Å². The lowest BCUT2D eigenvalue weighted by Crippen LogP contribution is -2.41. The van der Waals surface area contributed by atoms with Crippen LogP contribution in [-0.4, -0.2) is 187 Å². The molecule has 29 nitrogen and oxygen atoms in total. The van der Waals surface area contributed by atoms with Crippen LogP contribution in [0.1, 0.15) is 123 Å². The highest BCUT2D eigenvalue weighted by Gasteiger charge is 2.62. The number of benzene rings is 4. The van der Waals surface area contributed by atoms with Crippen LogP contribution in [0.4, 0.5) is 22.0 Å². The third kappa shape index (κ3) is 19.6. The molecule has 12 aliphatic rings. The molecular weight excluding hydrogens is 1790 g/mol. The molecule has 12 aromatic rings. The van der Waals surface area contributed by atoms with Crippen LogP contribution in [0.5, 0.6) is 0 Å². The minimum absolute atomic E-state index is 0.00586. The van der Waals surface area contributed by atoms with Crippen LogP contribution in [-0.2, 0) is 85.0 Å². The van der Waals surface area contributed by atoms with Gasteiger partial charge in [-0.15, -0.1) is 0 Å². The summed E-state index contributed by atoms with van der Waals surface area (Å²) in [6.07, 6.45) is 24.8. The number of rotatable bonds is 28. The standard InChI is InChI=1S/C24H22F2N4O3S.2C24H23FN4O3S.C23H22FN5O3S/c1-14-27-11-17(12-28-14)22-10-15(21(26)13-29-22)2-7-23(31)24-16-8-19(9-16)30(24)34(32,33)20-5-3-18(25)4-6-20;1-15-27-13-18(14-28-15)22-10-16(8-9-26-22)2-7-23(30)24-17-11-20(12-17)29(24)33(31,32)21-5-3-19(25)4-6-21;1-15-2-3-16(13-26-15)22-12-19(27-14-28-22)6-9-23(30)24-17-10-20(11-17)29(24)33(31,32)21-7-4-18(25)5-8-21;1-14-25-11-16(12-26-14)21-10-18(27-13-28-21)4-7-22(30)23-15-8-19(9-15)29(23)33(31,32)20-5-2-17(24)3-6-20/h3-6,10-13,16,19,24H,2,7-9H2,1H3;3-6,8-10,13-14,17,20,24H,2,7,11-12H2,1H3;2-5,7-8,12-14,17,20,24H,6,9-11H2,1H3;2-3,5-6,10-13,15,19,23H,4,7-9H2,1H3/t16?,19?,24-;2*17?,20?,24-;15?,19?,23-/m0000/s1. The molecule has 4 aliphatic carbocycles. The number of hydrogen-bond acceptors (Lipinski definition) is 25. The Morgan fingerprint density at radius 1 is 0.308 bits per heavy atom. The van der Waals surface area contributed by atoms with Crippen molar-refractivity contribution in [2.75, 3.05) is 0 Å². The van der Waals surface area contributed by atoms with Gasteiger partial charge >= 0.3 is 0 Å². The molecule has 8 aliphatic heterocycles. The van der Waals surface area contributed by atoms with Crippen molar-refractivity contribution >= 4 is 63.2 Å². The quantitative estimate of drug-likeness (QED) is 0.0411. The van der Waals surface area contributed by atoms with Gasteiger partial charge in [0.25, 0.3) is 0 Å². The first-order valence-electron chi connectivity index (χ1n) is 43.5. The number of halogens is 5. The van der Waals surface area contributed by atoms with Gasteiger partial charge in [-0.2, -0.15) is 17.2 Å². The minimum atomic E-state index is -3.95. The summed E-state index contributed by atoms with van der Waals surface area (Å²) in [7, 11) is -15.6. The van der Waals surface area contributed by atoms with E-state index in [0.29, 0.717) is 122 Å². The minimum Gasteiger partial charge on any atom is -0.298 e. The van der Waals surface area contributed by atoms with E-state index >= 15 is 0 Å². The first-order valence-corrected chi connectivity index (χ1v) is 49.3. The van der Waals surface area contributed by atoms with Crippen LogP contribution in [0.25, 0.3) is 45.0 Å². The third-order valence-corrected chi connectivity index (χ3v) is 33.8. The van der Waals surface area contributed by atoms with Crippen LogP contribution in [0, 0.1) is 80.5 Å². The maximum atomic E-state index is 14.4. The lowest BCUT2D eigenvalue weighted by molar-refractivity contribution is -0.123. The molecule has 4 atom stereocenters. The molecule has 12 fully saturated rings. The number of fused-ring (bicyclic) bond motifs is 4. The number of ketones is 4. The van der Waals surface area contributed by atoms with Gasteiger partial charge in [0.05, 0.1) is 72.7 Å². The fourth-order valence-electron chi connectivity index (χ4n) is 18.9. The van der Waals surface area contributed by atoms with E-state index in [9.17, 15) is 74.8 Å². The Labute approximate surface area is 765 Å². The van der Waals surface area contributed by atoms with Gasteiger partial charge in [0, 0.05) is 139 Å². The van der Waals surface area contributed by atoms with Crippen LogP contribution in [0.2, 0.25) is 0 Å². The summed E-state index contributed by atoms with van der Waals surface area (Å²) in [6, 6.07) is 28.1. The normalized spacial score (nSPS) is 22.1. The van der Waals surface area contributed by atoms with E-state index in [2.05, 4.69) is 64.8 Å². The molecule has 0 unspecified atom stereocenters. The Morgan fingerprint density at radius 2 is 0.609 bits per heavy atom. The molecule has 8 saturated heterocycles. The maximum Gasteiger partial charge on any atom is 0.243 e. The van der Waals surface area contributed by atoms with Gasteiger partial charge in [-0.25, -0.2) is 105 Å². The van der Waals surface area contributed by atoms with E-state index in [-0.39, 0.29) is 123 Å². The Balaban J connectivity index is 0.000000124. The zero-order chi connectivity index (χ0) is 93.5. The monoisotopic (exact) mass is 1880 g/mol. The molecule has 0 amide bonds. The average Bonchev–Trinajstić information content (AvgIpc) is 1.58. The van der Waals surface area contributed by atoms with Gasteiger partial charge in [0.2, 0.25) is 40.1 Å². The Morgan fingerprint density at radius 3 is 0.940 bits per heavy atom. The fourth-order valence-corrected chi connectivity index (χ4v) is 26.4. The third-order valence-electron chi connectivity index (χ3n) is 26.0. The highest BCUT2D eigenvalue weighted by molar-refractivity contribution is 7.90. The van der Waals surface area contributed by atoms with Crippen LogP contribution in [0.15, 0.2) is 228 Å². The van der Waals surface area contributed by atoms with E-state index in [1.165, 1.54) is 78.4 Å². The smallest absolute Gasteiger partial charge is 0.243 e. The molecule has 686 valence electrons. The number of hydrogen-bond donors (Lipinski definition) is 0. The molecule has 16 heterocycles. The second-order valence-corrected chi connectivity index (χ2v) is 42.0. The molecular formula is C95H90F5N17O12S4. The van der Waals surface area contributed by atoms with E-state index in [0.717, 1.165) is 94.1 Å². The molecule has 4 aromatic carbocycles. The van der Waals surface area contributed by atoms with Crippen LogP contribution >= 0.6 is 0 Å². The van der Waals surface area contributed by atoms with Crippen molar-refractivity contribution in [3.8, 4) is 45.0 Å². The zero-order valence-electron chi connectivity index (χ0n) is 72.4. The van der Waals surface area contributed by atoms with Gasteiger partial charge in [-0.3, -0.25) is 34.1 Å². The van der Waals surface area contributed by atoms with Crippen LogP contribution in [0.3, 0.4) is 0 Å². The highest BCUT2D eigenvalue weighted by atomic mass is 32.2. The number of nitrogens with zero attached hydrogens (tertiary/aromatic N) is 17. The van der Waals surface area contributed by atoms with Gasteiger partial charge in [0.1, 0.15) is 59.2 Å². The maximum absolute atomic E-state index is 14.4. The summed E-state index contributed by atoms with van der Waals surface area (Å²) in [6.45, 7) is 7.28. The average molecular weight is 1890 g/mol. The van der Waals surface area contributed by atoms with Crippen molar-refractivity contribution in [3.05, 3.63) is 283 Å². The topological polar surface area (TPSA) is 385 Å². The first kappa shape index (κ1) is 92.5. The van der Waals surface area contributed by atoms with E-state index < -0.39 is 93.3 Å². The first-order chi connectivity index (χ1) is 63.7. The fraction of sp³-hybridized carbons (Fsp3) is 0.337. The number of sulfonamides is 4. The lowest BCUT2D eigenvalue weighted by atomic mass is 9.81. The number of aryl methyl sites for hydroxylation is 8. The lowest BCUT2D eigenvalue weighted by Gasteiger charge is -2.25. The second-order valence-electron chi connectivity index (χ2n) is 34.6. The van der Waals surface area contributed by atoms with Gasteiger partial charge in [-0.05, 0) is 279 Å². The Hall–Kier alpha value is -12.3. The predicted molar refractivity (Wildman–Crippen MR) is 474 cm³/mol. The number of Topliss-reactive ketones (excluding diaryl/α,β-unsaturated/α-hetero) is 4. The van der Waals surface area contributed by atoms with Crippen molar-refractivity contribution < 1.29 is 74.8 Å². The Kier molecular flexibility index (Phi) is 26.7. The molecule has 24 rings (SSSR count). The molecule has 0 spiro atoms. The molecule has 38 heteroatoms. The summed E-state index contributed by atoms with van der Waals surface area (Å²) in [5.41, 5.74) is 9.22. The van der Waals surface area contributed by atoms with Gasteiger partial charge < -0.3 is 0 Å². The van der Waals surface area contributed by atoms with E-state index in [1.54, 1.807) is 75.6 Å². The molecule has 133 heavy (non-hydrogen) atoms. The molecule has 0 radical (unpaired) electrons. The number of carbonyl (C=O) groups is 4. The molecule has 4 saturated carbocycles. The predicted octanol–water partition coefficient (Wildman–Crippen LogP) is 12.9. The van der Waals surface area contributed by atoms with Crippen molar-refractivity contribution in [1.82, 2.24) is 82.0 Å². The van der Waals surface area contributed by atoms with Crippen molar-refractivity contribution in [1.29, 1.82) is 0 Å². The molecule has 8 bridgehead atoms. The van der Waals surface area contributed by atoms with Crippen molar-refractivity contribution in [2.45, 2.75) is 198 Å². The SMILES string of the molecule is Cc1ccc(-c2cc(CCC(=O)[C@@H]3C4CC(C4)N3S(=O)(=O)c3ccc(F)cc3)ncn2)cn1.Cc1ncc(-c2cc(CCC(=O)[C@@H]3C4CC(C4)N3S(=O)(=O)c3ccc(F)cc3)c(F)cn2)cn1.Cc1ncc(-c2cc(CCC(=O)[C@@H]3C4CC(C4)N3S(=O)(=O)c3ccc(F)cc3)ccn2)cn1.Cc1ncc(-c2cc(CCC(=O)[C@@H]3C4CC(C4)N3S(=O)(=O)c3ccc(F)cc3)ncn2)cn1. The summed E-state index contributed by atoms with van der Waals surface area (Å²) in [5, 5.41) is 0. The van der Waals surface area contributed by atoms with Crippen molar-refractivity contribution in [3.63, 3.8) is 0 Å². The zero-order valence-corrected chi connectivity index (χ0v) is 75.7. The second kappa shape index (κ2) is 38.4. The summed E-state index contributed by atoms with van der Waals surface area (Å²) in [5.74, 6) is -1.11. The van der Waals surface area contributed by atoms with Crippen molar-refractivity contribution in [2.24, 2.45) is 23.7 Å². The summed E-state index contributed by atoms with van der Waals surface area (Å²) >= 11 is 0. The molecule has 0 N–H and O–H groups in total. The number of carbonyl (C=O) groups excluding carboxylic acids is 4. The summed E-state index contributed by atoms with van der Waals surface area (Å²) < 4.78 is 179. The Bertz CT molecular complexity index is 6380. The highest BCUT2D eigenvalue weighted by Crippen LogP contribution is 2.53. The number of pyridine rings is 3. The van der Waals surface area contributed by atoms with Crippen LogP contribution < -0.4 is 0 Å². The van der Waals surface area contributed by atoms with Gasteiger partial charge in [-0.1, -0.05) is 0 Å². The molecule has 8 aromatic heterocycles. The van der Waals surface area contributed by atoms with E-state index in [4.69, 9.17) is 0 Å². The summed E-state index contributed by atoms with van der Waals surface area (Å²) in [4.78, 5) is 108.